The maximum Gasteiger partial charge on any atom is 0.333 e. The lowest BCUT2D eigenvalue weighted by Crippen LogP contribution is -2.42. The van der Waals surface area contributed by atoms with Crippen LogP contribution < -0.4 is 5.32 Å². The van der Waals surface area contributed by atoms with Crippen LogP contribution in [0.15, 0.2) is 11.6 Å². The van der Waals surface area contributed by atoms with Gasteiger partial charge in [-0.15, -0.1) is 0 Å². The molecule has 0 aromatic heterocycles. The van der Waals surface area contributed by atoms with E-state index in [1.165, 1.54) is 13.5 Å². The van der Waals surface area contributed by atoms with E-state index in [0.717, 1.165) is 25.7 Å². The van der Waals surface area contributed by atoms with Crippen molar-refractivity contribution in [2.45, 2.75) is 51.0 Å². The van der Waals surface area contributed by atoms with Crippen LogP contribution in [0.1, 0.15) is 45.4 Å². The third-order valence-corrected chi connectivity index (χ3v) is 3.56. The fraction of sp³-hybridized carbons (Fsp3) is 0.786. The number of esters is 1. The second kappa shape index (κ2) is 7.54. The number of aliphatic hydroxyl groups is 1. The first kappa shape index (κ1) is 15.2. The van der Waals surface area contributed by atoms with Crippen molar-refractivity contribution in [3.8, 4) is 0 Å². The molecule has 0 spiro atoms. The lowest BCUT2D eigenvalue weighted by molar-refractivity contribution is -0.136. The molecule has 1 rings (SSSR count). The topological polar surface area (TPSA) is 58.6 Å². The zero-order valence-electron chi connectivity index (χ0n) is 11.5. The standard InChI is InChI=1S/C14H25NO3/c1-3-12(13(16)18-2)7-10-15-11-14(17)8-5-4-6-9-14/h7,15,17H,3-6,8-11H2,1-2H3. The van der Waals surface area contributed by atoms with Crippen LogP contribution in [0, 0.1) is 0 Å². The Kier molecular flexibility index (Phi) is 6.36. The van der Waals surface area contributed by atoms with Gasteiger partial charge in [-0.25, -0.2) is 4.79 Å². The molecule has 0 amide bonds. The highest BCUT2D eigenvalue weighted by Crippen LogP contribution is 2.27. The van der Waals surface area contributed by atoms with E-state index in [1.54, 1.807) is 0 Å². The second-order valence-corrected chi connectivity index (χ2v) is 4.99. The van der Waals surface area contributed by atoms with Crippen LogP contribution in [0.4, 0.5) is 0 Å². The van der Waals surface area contributed by atoms with Gasteiger partial charge >= 0.3 is 5.97 Å². The normalized spacial score (nSPS) is 19.6. The van der Waals surface area contributed by atoms with Gasteiger partial charge < -0.3 is 15.2 Å². The monoisotopic (exact) mass is 255 g/mol. The summed E-state index contributed by atoms with van der Waals surface area (Å²) in [6.45, 7) is 3.12. The van der Waals surface area contributed by atoms with Crippen molar-refractivity contribution >= 4 is 5.97 Å². The highest BCUT2D eigenvalue weighted by atomic mass is 16.5. The van der Waals surface area contributed by atoms with E-state index in [2.05, 4.69) is 10.1 Å². The van der Waals surface area contributed by atoms with Crippen LogP contribution in [-0.2, 0) is 9.53 Å². The minimum Gasteiger partial charge on any atom is -0.466 e. The van der Waals surface area contributed by atoms with Crippen molar-refractivity contribution in [2.24, 2.45) is 0 Å². The first-order valence-electron chi connectivity index (χ1n) is 6.82. The maximum absolute atomic E-state index is 11.3. The molecule has 0 atom stereocenters. The van der Waals surface area contributed by atoms with Gasteiger partial charge in [0, 0.05) is 18.7 Å². The molecule has 0 bridgehead atoms. The van der Waals surface area contributed by atoms with Gasteiger partial charge in [0.15, 0.2) is 0 Å². The average Bonchev–Trinajstić information content (AvgIpc) is 2.39. The van der Waals surface area contributed by atoms with E-state index >= 15 is 0 Å². The molecule has 18 heavy (non-hydrogen) atoms. The van der Waals surface area contributed by atoms with E-state index in [9.17, 15) is 9.90 Å². The fourth-order valence-electron chi connectivity index (χ4n) is 2.39. The molecule has 0 saturated heterocycles. The summed E-state index contributed by atoms with van der Waals surface area (Å²) in [4.78, 5) is 11.3. The second-order valence-electron chi connectivity index (χ2n) is 4.99. The number of methoxy groups -OCH3 is 1. The summed E-state index contributed by atoms with van der Waals surface area (Å²) < 4.78 is 4.69. The molecule has 104 valence electrons. The van der Waals surface area contributed by atoms with Gasteiger partial charge in [-0.2, -0.15) is 0 Å². The number of carbonyl (C=O) groups is 1. The molecule has 4 heteroatoms. The Hall–Kier alpha value is -0.870. The number of hydrogen-bond donors (Lipinski definition) is 2. The van der Waals surface area contributed by atoms with Gasteiger partial charge in [0.2, 0.25) is 0 Å². The summed E-state index contributed by atoms with van der Waals surface area (Å²) in [6, 6.07) is 0. The molecule has 0 aromatic carbocycles. The molecule has 1 saturated carbocycles. The molecule has 0 radical (unpaired) electrons. The molecule has 0 heterocycles. The fourth-order valence-corrected chi connectivity index (χ4v) is 2.39. The van der Waals surface area contributed by atoms with Crippen LogP contribution >= 0.6 is 0 Å². The van der Waals surface area contributed by atoms with Gasteiger partial charge in [0.05, 0.1) is 12.7 Å². The average molecular weight is 255 g/mol. The number of carbonyl (C=O) groups excluding carboxylic acids is 1. The number of rotatable bonds is 6. The van der Waals surface area contributed by atoms with Crippen LogP contribution in [-0.4, -0.2) is 36.9 Å². The minimum atomic E-state index is -0.552. The van der Waals surface area contributed by atoms with E-state index in [1.807, 2.05) is 13.0 Å². The molecular weight excluding hydrogens is 230 g/mol. The van der Waals surface area contributed by atoms with Crippen molar-refractivity contribution in [1.29, 1.82) is 0 Å². The van der Waals surface area contributed by atoms with Crippen molar-refractivity contribution in [1.82, 2.24) is 5.32 Å². The summed E-state index contributed by atoms with van der Waals surface area (Å²) in [5.41, 5.74) is 0.129. The quantitative estimate of drug-likeness (QED) is 0.431. The van der Waals surface area contributed by atoms with E-state index in [0.29, 0.717) is 25.1 Å². The zero-order chi connectivity index (χ0) is 13.4. The number of nitrogens with one attached hydrogen (secondary N) is 1. The van der Waals surface area contributed by atoms with E-state index in [4.69, 9.17) is 0 Å². The Labute approximate surface area is 109 Å². The van der Waals surface area contributed by atoms with Gasteiger partial charge in [0.25, 0.3) is 0 Å². The SMILES string of the molecule is CCC(=CCNCC1(O)CCCCC1)C(=O)OC. The largest absolute Gasteiger partial charge is 0.466 e. The maximum atomic E-state index is 11.3. The smallest absolute Gasteiger partial charge is 0.333 e. The molecule has 1 aliphatic rings. The van der Waals surface area contributed by atoms with Gasteiger partial charge in [-0.05, 0) is 19.3 Å². The minimum absolute atomic E-state index is 0.268. The summed E-state index contributed by atoms with van der Waals surface area (Å²) in [5, 5.41) is 13.5. The van der Waals surface area contributed by atoms with Crippen LogP contribution in [0.5, 0.6) is 0 Å². The Morgan fingerprint density at radius 2 is 2.06 bits per heavy atom. The number of hydrogen-bond acceptors (Lipinski definition) is 4. The third-order valence-electron chi connectivity index (χ3n) is 3.56. The van der Waals surface area contributed by atoms with Crippen LogP contribution in [0.3, 0.4) is 0 Å². The Morgan fingerprint density at radius 1 is 1.39 bits per heavy atom. The summed E-state index contributed by atoms with van der Waals surface area (Å²) in [5.74, 6) is -0.268. The summed E-state index contributed by atoms with van der Waals surface area (Å²) >= 11 is 0. The van der Waals surface area contributed by atoms with Gasteiger partial charge in [-0.1, -0.05) is 32.3 Å². The van der Waals surface area contributed by atoms with Gasteiger partial charge in [0.1, 0.15) is 0 Å². The van der Waals surface area contributed by atoms with Crippen molar-refractivity contribution in [2.75, 3.05) is 20.2 Å². The van der Waals surface area contributed by atoms with Crippen LogP contribution in [0.2, 0.25) is 0 Å². The predicted molar refractivity (Wildman–Crippen MR) is 71.3 cm³/mol. The van der Waals surface area contributed by atoms with E-state index < -0.39 is 5.60 Å². The summed E-state index contributed by atoms with van der Waals surface area (Å²) in [7, 11) is 1.39. The highest BCUT2D eigenvalue weighted by Gasteiger charge is 2.28. The molecular formula is C14H25NO3. The molecule has 1 fully saturated rings. The summed E-state index contributed by atoms with van der Waals surface area (Å²) in [6.07, 6.45) is 7.71. The van der Waals surface area contributed by atoms with Crippen molar-refractivity contribution in [3.63, 3.8) is 0 Å². The lowest BCUT2D eigenvalue weighted by Gasteiger charge is -2.32. The zero-order valence-corrected chi connectivity index (χ0v) is 11.5. The molecule has 1 aliphatic carbocycles. The third kappa shape index (κ3) is 4.78. The Balaban J connectivity index is 2.32. The first-order valence-corrected chi connectivity index (χ1v) is 6.82. The van der Waals surface area contributed by atoms with Crippen LogP contribution in [0.25, 0.3) is 0 Å². The molecule has 0 unspecified atom stereocenters. The van der Waals surface area contributed by atoms with Crippen molar-refractivity contribution in [3.05, 3.63) is 11.6 Å². The lowest BCUT2D eigenvalue weighted by atomic mass is 9.85. The van der Waals surface area contributed by atoms with E-state index in [-0.39, 0.29) is 5.97 Å². The van der Waals surface area contributed by atoms with Gasteiger partial charge in [-0.3, -0.25) is 0 Å². The predicted octanol–water partition coefficient (Wildman–Crippen LogP) is 1.78. The Morgan fingerprint density at radius 3 is 2.61 bits per heavy atom. The molecule has 0 aromatic rings. The molecule has 4 nitrogen and oxygen atoms in total. The molecule has 0 aliphatic heterocycles. The first-order chi connectivity index (χ1) is 8.61. The Bertz CT molecular complexity index is 293. The van der Waals surface area contributed by atoms with Crippen molar-refractivity contribution < 1.29 is 14.6 Å². The number of ether oxygens (including phenoxy) is 1. The molecule has 2 N–H and O–H groups in total. The highest BCUT2D eigenvalue weighted by molar-refractivity contribution is 5.88.